The molecule has 1 nitrogen and oxygen atoms in total. The van der Waals surface area contributed by atoms with Crippen LogP contribution in [0.5, 0.6) is 5.75 Å². The summed E-state index contributed by atoms with van der Waals surface area (Å²) in [7, 11) is 0. The van der Waals surface area contributed by atoms with Crippen molar-refractivity contribution < 1.29 is 4.74 Å². The van der Waals surface area contributed by atoms with Crippen molar-refractivity contribution in [2.75, 3.05) is 6.61 Å². The van der Waals surface area contributed by atoms with E-state index < -0.39 is 0 Å². The number of hydrogen-bond donors (Lipinski definition) is 0. The van der Waals surface area contributed by atoms with Crippen LogP contribution in [0.25, 0.3) is 10.4 Å². The number of unbranched alkanes of at least 4 members (excludes halogenated alkanes) is 2. The lowest BCUT2D eigenvalue weighted by molar-refractivity contribution is 0.306. The van der Waals surface area contributed by atoms with Gasteiger partial charge in [-0.3, -0.25) is 0 Å². The fourth-order valence-electron chi connectivity index (χ4n) is 1.70. The third-order valence-electron chi connectivity index (χ3n) is 2.68. The summed E-state index contributed by atoms with van der Waals surface area (Å²) in [5.74, 6) is 0.974. The Hall–Kier alpha value is -1.28. The van der Waals surface area contributed by atoms with Gasteiger partial charge in [-0.2, -0.15) is 0 Å². The van der Waals surface area contributed by atoms with Gasteiger partial charge in [-0.25, -0.2) is 0 Å². The van der Waals surface area contributed by atoms with Crippen molar-refractivity contribution in [1.29, 1.82) is 0 Å². The normalized spacial score (nSPS) is 10.4. The van der Waals surface area contributed by atoms with E-state index in [1.807, 2.05) is 0 Å². The van der Waals surface area contributed by atoms with Crippen molar-refractivity contribution >= 4 is 11.3 Å². The van der Waals surface area contributed by atoms with Crippen LogP contribution >= 0.6 is 11.3 Å². The SMILES string of the molecule is CCCCCOc1ccc(-c2cccs2)cc1. The second-order valence-electron chi connectivity index (χ2n) is 4.06. The smallest absolute Gasteiger partial charge is 0.119 e. The monoisotopic (exact) mass is 246 g/mol. The van der Waals surface area contributed by atoms with Gasteiger partial charge in [0, 0.05) is 4.88 Å². The molecule has 0 fully saturated rings. The van der Waals surface area contributed by atoms with Crippen LogP contribution in [0.15, 0.2) is 41.8 Å². The zero-order valence-electron chi connectivity index (χ0n) is 10.2. The Balaban J connectivity index is 1.90. The zero-order valence-corrected chi connectivity index (χ0v) is 11.0. The van der Waals surface area contributed by atoms with Gasteiger partial charge in [-0.15, -0.1) is 11.3 Å². The lowest BCUT2D eigenvalue weighted by Crippen LogP contribution is -1.96. The molecule has 1 heterocycles. The maximum Gasteiger partial charge on any atom is 0.119 e. The number of thiophene rings is 1. The van der Waals surface area contributed by atoms with Gasteiger partial charge in [0.1, 0.15) is 5.75 Å². The van der Waals surface area contributed by atoms with Gasteiger partial charge < -0.3 is 4.74 Å². The zero-order chi connectivity index (χ0) is 11.9. The molecule has 2 rings (SSSR count). The van der Waals surface area contributed by atoms with Crippen LogP contribution in [0, 0.1) is 0 Å². The van der Waals surface area contributed by atoms with Crippen LogP contribution < -0.4 is 4.74 Å². The minimum absolute atomic E-state index is 0.826. The van der Waals surface area contributed by atoms with Crippen LogP contribution in [0.2, 0.25) is 0 Å². The Labute approximate surface area is 107 Å². The Kier molecular flexibility index (Phi) is 4.63. The van der Waals surface area contributed by atoms with Crippen LogP contribution in [-0.2, 0) is 0 Å². The third kappa shape index (κ3) is 3.60. The fourth-order valence-corrected chi connectivity index (χ4v) is 2.43. The molecule has 1 aromatic heterocycles. The summed E-state index contributed by atoms with van der Waals surface area (Å²) in [6.07, 6.45) is 3.62. The van der Waals surface area contributed by atoms with E-state index in [2.05, 4.69) is 48.7 Å². The molecule has 0 N–H and O–H groups in total. The molecule has 90 valence electrons. The van der Waals surface area contributed by atoms with Crippen LogP contribution in [-0.4, -0.2) is 6.61 Å². The van der Waals surface area contributed by atoms with Crippen molar-refractivity contribution in [2.24, 2.45) is 0 Å². The predicted octanol–water partition coefficient (Wildman–Crippen LogP) is 4.98. The molecule has 17 heavy (non-hydrogen) atoms. The first-order valence-electron chi connectivity index (χ1n) is 6.17. The molecule has 0 aliphatic heterocycles. The number of benzene rings is 1. The van der Waals surface area contributed by atoms with Crippen molar-refractivity contribution in [3.8, 4) is 16.2 Å². The summed E-state index contributed by atoms with van der Waals surface area (Å²) in [6, 6.07) is 12.6. The highest BCUT2D eigenvalue weighted by Crippen LogP contribution is 2.26. The predicted molar refractivity (Wildman–Crippen MR) is 74.8 cm³/mol. The summed E-state index contributed by atoms with van der Waals surface area (Å²) in [5.41, 5.74) is 1.26. The third-order valence-corrected chi connectivity index (χ3v) is 3.60. The van der Waals surface area contributed by atoms with Gasteiger partial charge in [-0.05, 0) is 47.7 Å². The summed E-state index contributed by atoms with van der Waals surface area (Å²) in [4.78, 5) is 1.31. The fraction of sp³-hybridized carbons (Fsp3) is 0.333. The molecule has 0 saturated heterocycles. The van der Waals surface area contributed by atoms with Crippen molar-refractivity contribution in [3.05, 3.63) is 41.8 Å². The molecule has 0 unspecified atom stereocenters. The quantitative estimate of drug-likeness (QED) is 0.653. The van der Waals surface area contributed by atoms with Gasteiger partial charge >= 0.3 is 0 Å². The van der Waals surface area contributed by atoms with E-state index in [-0.39, 0.29) is 0 Å². The molecule has 2 aromatic rings. The lowest BCUT2D eigenvalue weighted by atomic mass is 10.2. The highest BCUT2D eigenvalue weighted by molar-refractivity contribution is 7.13. The Morgan fingerprint density at radius 2 is 1.88 bits per heavy atom. The van der Waals surface area contributed by atoms with E-state index in [4.69, 9.17) is 4.74 Å². The maximum absolute atomic E-state index is 5.68. The number of hydrogen-bond acceptors (Lipinski definition) is 2. The van der Waals surface area contributed by atoms with Crippen molar-refractivity contribution in [2.45, 2.75) is 26.2 Å². The van der Waals surface area contributed by atoms with E-state index in [0.29, 0.717) is 0 Å². The van der Waals surface area contributed by atoms with Gasteiger partial charge in [0.15, 0.2) is 0 Å². The molecule has 0 saturated carbocycles. The highest BCUT2D eigenvalue weighted by atomic mass is 32.1. The second-order valence-corrected chi connectivity index (χ2v) is 5.00. The number of rotatable bonds is 6. The molecule has 1 aromatic carbocycles. The molecular weight excluding hydrogens is 228 g/mol. The molecule has 0 aliphatic rings. The molecular formula is C15H18OS. The van der Waals surface area contributed by atoms with Gasteiger partial charge in [0.2, 0.25) is 0 Å². The molecule has 0 spiro atoms. The van der Waals surface area contributed by atoms with Gasteiger partial charge in [-0.1, -0.05) is 25.8 Å². The van der Waals surface area contributed by atoms with E-state index >= 15 is 0 Å². The summed E-state index contributed by atoms with van der Waals surface area (Å²) in [6.45, 7) is 3.03. The highest BCUT2D eigenvalue weighted by Gasteiger charge is 1.99. The van der Waals surface area contributed by atoms with Crippen LogP contribution in [0.3, 0.4) is 0 Å². The Morgan fingerprint density at radius 1 is 1.06 bits per heavy atom. The van der Waals surface area contributed by atoms with Crippen molar-refractivity contribution in [3.63, 3.8) is 0 Å². The summed E-state index contributed by atoms with van der Waals surface area (Å²) < 4.78 is 5.68. The summed E-state index contributed by atoms with van der Waals surface area (Å²) >= 11 is 1.77. The Morgan fingerprint density at radius 3 is 2.53 bits per heavy atom. The van der Waals surface area contributed by atoms with Gasteiger partial charge in [0.25, 0.3) is 0 Å². The summed E-state index contributed by atoms with van der Waals surface area (Å²) in [5, 5.41) is 2.10. The first-order valence-corrected chi connectivity index (χ1v) is 7.05. The number of ether oxygens (including phenoxy) is 1. The molecule has 0 radical (unpaired) electrons. The minimum Gasteiger partial charge on any atom is -0.494 e. The van der Waals surface area contributed by atoms with Crippen LogP contribution in [0.1, 0.15) is 26.2 Å². The average Bonchev–Trinajstić information content (AvgIpc) is 2.89. The minimum atomic E-state index is 0.826. The second kappa shape index (κ2) is 6.45. The van der Waals surface area contributed by atoms with E-state index in [1.165, 1.54) is 23.3 Å². The molecule has 0 aliphatic carbocycles. The molecule has 0 bridgehead atoms. The Bertz CT molecular complexity index is 417. The standard InChI is InChI=1S/C15H18OS/c1-2-3-4-11-16-14-9-7-13(8-10-14)15-6-5-12-17-15/h5-10,12H,2-4,11H2,1H3. The van der Waals surface area contributed by atoms with Crippen molar-refractivity contribution in [1.82, 2.24) is 0 Å². The van der Waals surface area contributed by atoms with Gasteiger partial charge in [0.05, 0.1) is 6.61 Å². The van der Waals surface area contributed by atoms with E-state index in [9.17, 15) is 0 Å². The molecule has 0 amide bonds. The van der Waals surface area contributed by atoms with E-state index in [0.717, 1.165) is 18.8 Å². The topological polar surface area (TPSA) is 9.23 Å². The first-order chi connectivity index (χ1) is 8.40. The molecule has 0 atom stereocenters. The first kappa shape index (κ1) is 12.2. The maximum atomic E-state index is 5.68. The molecule has 2 heteroatoms. The lowest BCUT2D eigenvalue weighted by Gasteiger charge is -2.06. The van der Waals surface area contributed by atoms with Crippen LogP contribution in [0.4, 0.5) is 0 Å². The largest absolute Gasteiger partial charge is 0.494 e. The average molecular weight is 246 g/mol. The van der Waals surface area contributed by atoms with E-state index in [1.54, 1.807) is 11.3 Å².